The third kappa shape index (κ3) is 3.10. The molecule has 3 rings (SSSR count). The van der Waals surface area contributed by atoms with Gasteiger partial charge in [-0.25, -0.2) is 9.97 Å². The number of nitrogens with zero attached hydrogens (tertiary/aromatic N) is 4. The van der Waals surface area contributed by atoms with E-state index < -0.39 is 0 Å². The lowest BCUT2D eigenvalue weighted by atomic mass is 10.00. The maximum atomic E-state index is 4.87. The van der Waals surface area contributed by atoms with Crippen LogP contribution >= 0.6 is 0 Å². The van der Waals surface area contributed by atoms with Crippen molar-refractivity contribution < 1.29 is 0 Å². The molecular formula is C17H26N4. The van der Waals surface area contributed by atoms with Crippen molar-refractivity contribution in [1.29, 1.82) is 0 Å². The molecule has 0 spiro atoms. The van der Waals surface area contributed by atoms with Crippen LogP contribution in [0.1, 0.15) is 38.9 Å². The number of fused-ring (bicyclic) bond motifs is 1. The quantitative estimate of drug-likeness (QED) is 0.866. The van der Waals surface area contributed by atoms with E-state index in [0.29, 0.717) is 12.0 Å². The molecule has 1 aliphatic heterocycles. The van der Waals surface area contributed by atoms with E-state index in [1.54, 1.807) is 0 Å². The van der Waals surface area contributed by atoms with Crippen LogP contribution in [0.2, 0.25) is 0 Å². The molecule has 2 aromatic rings. The van der Waals surface area contributed by atoms with Gasteiger partial charge in [0.15, 0.2) is 5.65 Å². The van der Waals surface area contributed by atoms with Gasteiger partial charge in [-0.15, -0.1) is 0 Å². The Morgan fingerprint density at radius 2 is 2.19 bits per heavy atom. The van der Waals surface area contributed by atoms with Crippen molar-refractivity contribution in [2.45, 2.75) is 52.1 Å². The maximum absolute atomic E-state index is 4.87. The zero-order valence-electron chi connectivity index (χ0n) is 13.4. The molecule has 0 amide bonds. The molecule has 0 aromatic carbocycles. The van der Waals surface area contributed by atoms with Gasteiger partial charge in [0.1, 0.15) is 11.3 Å². The average molecular weight is 286 g/mol. The lowest BCUT2D eigenvalue weighted by Gasteiger charge is -2.32. The van der Waals surface area contributed by atoms with Gasteiger partial charge in [-0.2, -0.15) is 0 Å². The van der Waals surface area contributed by atoms with Gasteiger partial charge in [0.25, 0.3) is 0 Å². The highest BCUT2D eigenvalue weighted by Crippen LogP contribution is 2.22. The Morgan fingerprint density at radius 3 is 2.95 bits per heavy atom. The highest BCUT2D eigenvalue weighted by molar-refractivity contribution is 5.71. The zero-order chi connectivity index (χ0) is 14.8. The summed E-state index contributed by atoms with van der Waals surface area (Å²) in [6.45, 7) is 6.73. The summed E-state index contributed by atoms with van der Waals surface area (Å²) in [5.74, 6) is 1.81. The van der Waals surface area contributed by atoms with Gasteiger partial charge in [0, 0.05) is 25.2 Å². The largest absolute Gasteiger partial charge is 0.312 e. The van der Waals surface area contributed by atoms with Gasteiger partial charge < -0.3 is 9.47 Å². The first-order valence-electron chi connectivity index (χ1n) is 8.15. The van der Waals surface area contributed by atoms with E-state index >= 15 is 0 Å². The summed E-state index contributed by atoms with van der Waals surface area (Å²) in [6, 6.07) is 4.68. The number of likely N-dealkylation sites (N-methyl/N-ethyl adjacent to an activating group) is 1. The van der Waals surface area contributed by atoms with Crippen LogP contribution in [0.4, 0.5) is 0 Å². The Bertz CT molecular complexity index is 602. The molecule has 1 unspecified atom stereocenters. The molecule has 0 aliphatic carbocycles. The van der Waals surface area contributed by atoms with Gasteiger partial charge in [-0.3, -0.25) is 0 Å². The van der Waals surface area contributed by atoms with E-state index in [0.717, 1.165) is 24.1 Å². The van der Waals surface area contributed by atoms with Crippen molar-refractivity contribution >= 4 is 11.2 Å². The second-order valence-corrected chi connectivity index (χ2v) is 6.71. The normalized spacial score (nSPS) is 20.5. The number of imidazole rings is 1. The zero-order valence-corrected chi connectivity index (χ0v) is 13.4. The molecule has 1 fully saturated rings. The number of hydrogen-bond acceptors (Lipinski definition) is 3. The summed E-state index contributed by atoms with van der Waals surface area (Å²) < 4.78 is 2.34. The van der Waals surface area contributed by atoms with Crippen molar-refractivity contribution in [2.75, 3.05) is 13.6 Å². The van der Waals surface area contributed by atoms with Crippen molar-refractivity contribution in [2.24, 2.45) is 5.92 Å². The monoisotopic (exact) mass is 286 g/mol. The number of likely N-dealkylation sites (tertiary alicyclic amines) is 1. The number of hydrogen-bond donors (Lipinski definition) is 0. The fourth-order valence-corrected chi connectivity index (χ4v) is 3.33. The molecule has 114 valence electrons. The Kier molecular flexibility index (Phi) is 4.24. The van der Waals surface area contributed by atoms with Gasteiger partial charge in [0.2, 0.25) is 0 Å². The van der Waals surface area contributed by atoms with Gasteiger partial charge >= 0.3 is 0 Å². The Labute approximate surface area is 127 Å². The van der Waals surface area contributed by atoms with Crippen LogP contribution in [0.3, 0.4) is 0 Å². The molecule has 4 heteroatoms. The topological polar surface area (TPSA) is 34.0 Å². The van der Waals surface area contributed by atoms with E-state index in [4.69, 9.17) is 4.98 Å². The second-order valence-electron chi connectivity index (χ2n) is 6.71. The van der Waals surface area contributed by atoms with E-state index in [1.807, 2.05) is 12.3 Å². The van der Waals surface area contributed by atoms with Crippen LogP contribution in [-0.4, -0.2) is 39.1 Å². The Balaban J connectivity index is 1.92. The number of pyridine rings is 1. The minimum Gasteiger partial charge on any atom is -0.312 e. The van der Waals surface area contributed by atoms with E-state index in [9.17, 15) is 0 Å². The SMILES string of the molecule is CC(C)Cn1c(CC2CCCCN2C)nc2cccnc21. The number of rotatable bonds is 4. The highest BCUT2D eigenvalue weighted by Gasteiger charge is 2.22. The van der Waals surface area contributed by atoms with Crippen LogP contribution in [-0.2, 0) is 13.0 Å². The second kappa shape index (κ2) is 6.14. The Morgan fingerprint density at radius 1 is 1.33 bits per heavy atom. The van der Waals surface area contributed by atoms with Crippen molar-refractivity contribution in [3.8, 4) is 0 Å². The fraction of sp³-hybridized carbons (Fsp3) is 0.647. The first-order chi connectivity index (χ1) is 10.1. The minimum absolute atomic E-state index is 0.604. The molecule has 21 heavy (non-hydrogen) atoms. The predicted octanol–water partition coefficient (Wildman–Crippen LogP) is 3.11. The van der Waals surface area contributed by atoms with Crippen LogP contribution in [0.15, 0.2) is 18.3 Å². The predicted molar refractivity (Wildman–Crippen MR) is 86.3 cm³/mol. The van der Waals surface area contributed by atoms with E-state index in [2.05, 4.69) is 41.4 Å². The standard InChI is InChI=1S/C17H26N4/c1-13(2)12-21-16(11-14-7-4-5-10-20(14)3)19-15-8-6-9-18-17(15)21/h6,8-9,13-14H,4-5,7,10-12H2,1-3H3. The third-order valence-corrected chi connectivity index (χ3v) is 4.47. The van der Waals surface area contributed by atoms with Crippen LogP contribution in [0, 0.1) is 5.92 Å². The average Bonchev–Trinajstić information content (AvgIpc) is 2.79. The van der Waals surface area contributed by atoms with Gasteiger partial charge in [-0.05, 0) is 44.5 Å². The lowest BCUT2D eigenvalue weighted by Crippen LogP contribution is -2.38. The Hall–Kier alpha value is -1.42. The summed E-state index contributed by atoms with van der Waals surface area (Å²) in [4.78, 5) is 11.9. The van der Waals surface area contributed by atoms with Crippen LogP contribution in [0.5, 0.6) is 0 Å². The first kappa shape index (κ1) is 14.5. The highest BCUT2D eigenvalue weighted by atomic mass is 15.2. The molecule has 0 N–H and O–H groups in total. The summed E-state index contributed by atoms with van der Waals surface area (Å²) in [6.07, 6.45) is 6.88. The smallest absolute Gasteiger partial charge is 0.159 e. The molecule has 1 atom stereocenters. The summed E-state index contributed by atoms with van der Waals surface area (Å²) in [7, 11) is 2.25. The molecule has 1 aliphatic rings. The van der Waals surface area contributed by atoms with Gasteiger partial charge in [0.05, 0.1) is 0 Å². The third-order valence-electron chi connectivity index (χ3n) is 4.47. The van der Waals surface area contributed by atoms with Gasteiger partial charge in [-0.1, -0.05) is 20.3 Å². The van der Waals surface area contributed by atoms with Crippen molar-refractivity contribution in [3.05, 3.63) is 24.2 Å². The fourth-order valence-electron chi connectivity index (χ4n) is 3.33. The number of piperidine rings is 1. The van der Waals surface area contributed by atoms with Crippen LogP contribution < -0.4 is 0 Å². The number of aromatic nitrogens is 3. The molecule has 1 saturated heterocycles. The molecule has 0 bridgehead atoms. The molecule has 4 nitrogen and oxygen atoms in total. The molecule has 2 aromatic heterocycles. The summed E-state index contributed by atoms with van der Waals surface area (Å²) >= 11 is 0. The summed E-state index contributed by atoms with van der Waals surface area (Å²) in [5.41, 5.74) is 2.08. The van der Waals surface area contributed by atoms with Crippen molar-refractivity contribution in [3.63, 3.8) is 0 Å². The maximum Gasteiger partial charge on any atom is 0.159 e. The molecule has 0 saturated carbocycles. The van der Waals surface area contributed by atoms with Crippen LogP contribution in [0.25, 0.3) is 11.2 Å². The molecule has 0 radical (unpaired) electrons. The van der Waals surface area contributed by atoms with E-state index in [1.165, 1.54) is 31.6 Å². The first-order valence-corrected chi connectivity index (χ1v) is 8.15. The van der Waals surface area contributed by atoms with E-state index in [-0.39, 0.29) is 0 Å². The molecule has 3 heterocycles. The van der Waals surface area contributed by atoms with Crippen molar-refractivity contribution in [1.82, 2.24) is 19.4 Å². The lowest BCUT2D eigenvalue weighted by molar-refractivity contribution is 0.181. The minimum atomic E-state index is 0.604. The molecular weight excluding hydrogens is 260 g/mol. The summed E-state index contributed by atoms with van der Waals surface area (Å²) in [5, 5.41) is 0.